The molecule has 1 atom stereocenters. The van der Waals surface area contributed by atoms with Gasteiger partial charge in [-0.3, -0.25) is 0 Å². The Kier molecular flexibility index (Phi) is 4.80. The Morgan fingerprint density at radius 3 is 2.79 bits per heavy atom. The van der Waals surface area contributed by atoms with E-state index in [0.29, 0.717) is 6.04 Å². The van der Waals surface area contributed by atoms with Gasteiger partial charge < -0.3 is 15.1 Å². The molecule has 1 aromatic rings. The van der Waals surface area contributed by atoms with Crippen molar-refractivity contribution >= 4 is 6.03 Å². The van der Waals surface area contributed by atoms with Gasteiger partial charge in [0.05, 0.1) is 0 Å². The third-order valence-corrected chi connectivity index (χ3v) is 3.46. The normalized spacial score (nSPS) is 19.9. The predicted octanol–water partition coefficient (Wildman–Crippen LogP) is 1.57. The van der Waals surface area contributed by atoms with Crippen molar-refractivity contribution in [2.45, 2.75) is 18.9 Å². The van der Waals surface area contributed by atoms with Crippen LogP contribution in [0.2, 0.25) is 0 Å². The molecular weight excluding hydrogens is 238 g/mol. The topological polar surface area (TPSA) is 35.6 Å². The summed E-state index contributed by atoms with van der Waals surface area (Å²) in [6.07, 6.45) is 1.99. The third kappa shape index (κ3) is 3.96. The van der Waals surface area contributed by atoms with E-state index in [1.54, 1.807) is 4.90 Å². The molecule has 0 radical (unpaired) electrons. The number of hydrogen-bond donors (Lipinski definition) is 1. The van der Waals surface area contributed by atoms with Gasteiger partial charge in [-0.25, -0.2) is 4.79 Å². The van der Waals surface area contributed by atoms with Crippen LogP contribution < -0.4 is 5.32 Å². The second-order valence-electron chi connectivity index (χ2n) is 5.32. The Morgan fingerprint density at radius 1 is 1.37 bits per heavy atom. The summed E-state index contributed by atoms with van der Waals surface area (Å²) in [5, 5.41) is 3.54. The SMILES string of the molecule is CN(C)C(=O)N1CCCNC(Cc2ccccc2)C1. The largest absolute Gasteiger partial charge is 0.331 e. The molecule has 2 rings (SSSR count). The van der Waals surface area contributed by atoms with E-state index in [-0.39, 0.29) is 6.03 Å². The molecule has 104 valence electrons. The smallest absolute Gasteiger partial charge is 0.319 e. The Bertz CT molecular complexity index is 405. The zero-order valence-electron chi connectivity index (χ0n) is 11.8. The first-order chi connectivity index (χ1) is 9.16. The van der Waals surface area contributed by atoms with Crippen LogP contribution in [-0.4, -0.2) is 55.6 Å². The Balaban J connectivity index is 1.98. The van der Waals surface area contributed by atoms with Crippen molar-refractivity contribution in [1.82, 2.24) is 15.1 Å². The molecule has 1 N–H and O–H groups in total. The number of rotatable bonds is 2. The van der Waals surface area contributed by atoms with Gasteiger partial charge in [0.25, 0.3) is 0 Å². The quantitative estimate of drug-likeness (QED) is 0.877. The van der Waals surface area contributed by atoms with Crippen LogP contribution in [-0.2, 0) is 6.42 Å². The van der Waals surface area contributed by atoms with E-state index in [2.05, 4.69) is 29.6 Å². The Hall–Kier alpha value is -1.55. The molecule has 0 bridgehead atoms. The predicted molar refractivity (Wildman–Crippen MR) is 77.2 cm³/mol. The van der Waals surface area contributed by atoms with E-state index in [9.17, 15) is 4.79 Å². The number of amides is 2. The van der Waals surface area contributed by atoms with Crippen LogP contribution >= 0.6 is 0 Å². The number of benzene rings is 1. The first kappa shape index (κ1) is 13.9. The highest BCUT2D eigenvalue weighted by atomic mass is 16.2. The second kappa shape index (κ2) is 6.57. The van der Waals surface area contributed by atoms with Crippen LogP contribution in [0.15, 0.2) is 30.3 Å². The van der Waals surface area contributed by atoms with Crippen molar-refractivity contribution in [1.29, 1.82) is 0 Å². The zero-order chi connectivity index (χ0) is 13.7. The van der Waals surface area contributed by atoms with Crippen molar-refractivity contribution in [2.75, 3.05) is 33.7 Å². The minimum atomic E-state index is 0.113. The molecule has 0 spiro atoms. The lowest BCUT2D eigenvalue weighted by atomic mass is 10.1. The monoisotopic (exact) mass is 261 g/mol. The molecule has 0 aliphatic carbocycles. The van der Waals surface area contributed by atoms with Crippen LogP contribution in [0.5, 0.6) is 0 Å². The first-order valence-electron chi connectivity index (χ1n) is 6.90. The molecular formula is C15H23N3O. The van der Waals surface area contributed by atoms with Crippen molar-refractivity contribution in [3.05, 3.63) is 35.9 Å². The lowest BCUT2D eigenvalue weighted by Crippen LogP contribution is -2.45. The molecule has 0 saturated carbocycles. The van der Waals surface area contributed by atoms with Gasteiger partial charge in [-0.05, 0) is 24.9 Å². The number of hydrogen-bond acceptors (Lipinski definition) is 2. The average molecular weight is 261 g/mol. The minimum absolute atomic E-state index is 0.113. The molecule has 19 heavy (non-hydrogen) atoms. The van der Waals surface area contributed by atoms with Gasteiger partial charge in [0.15, 0.2) is 0 Å². The summed E-state index contributed by atoms with van der Waals surface area (Å²) in [7, 11) is 3.62. The van der Waals surface area contributed by atoms with Gasteiger partial charge in [-0.2, -0.15) is 0 Å². The fraction of sp³-hybridized carbons (Fsp3) is 0.533. The lowest BCUT2D eigenvalue weighted by molar-refractivity contribution is 0.170. The maximum absolute atomic E-state index is 12.1. The number of carbonyl (C=O) groups is 1. The first-order valence-corrected chi connectivity index (χ1v) is 6.90. The summed E-state index contributed by atoms with van der Waals surface area (Å²) in [5.41, 5.74) is 1.32. The fourth-order valence-electron chi connectivity index (χ4n) is 2.49. The zero-order valence-corrected chi connectivity index (χ0v) is 11.8. The van der Waals surface area contributed by atoms with Crippen LogP contribution in [0.4, 0.5) is 4.79 Å². The second-order valence-corrected chi connectivity index (χ2v) is 5.32. The summed E-state index contributed by atoms with van der Waals surface area (Å²) in [4.78, 5) is 15.7. The molecule has 2 amide bonds. The number of nitrogens with one attached hydrogen (secondary N) is 1. The number of carbonyl (C=O) groups excluding carboxylic acids is 1. The maximum Gasteiger partial charge on any atom is 0.319 e. The van der Waals surface area contributed by atoms with Crippen molar-refractivity contribution in [3.8, 4) is 0 Å². The molecule has 1 saturated heterocycles. The lowest BCUT2D eigenvalue weighted by Gasteiger charge is -2.27. The number of nitrogens with zero attached hydrogens (tertiary/aromatic N) is 2. The molecule has 1 aliphatic rings. The minimum Gasteiger partial charge on any atom is -0.331 e. The molecule has 4 nitrogen and oxygen atoms in total. The van der Waals surface area contributed by atoms with Gasteiger partial charge >= 0.3 is 6.03 Å². The van der Waals surface area contributed by atoms with E-state index in [1.165, 1.54) is 5.56 Å². The molecule has 1 fully saturated rings. The van der Waals surface area contributed by atoms with Crippen molar-refractivity contribution in [3.63, 3.8) is 0 Å². The maximum atomic E-state index is 12.1. The Morgan fingerprint density at radius 2 is 2.11 bits per heavy atom. The van der Waals surface area contributed by atoms with E-state index in [1.807, 2.05) is 25.1 Å². The van der Waals surface area contributed by atoms with Gasteiger partial charge in [-0.1, -0.05) is 30.3 Å². The molecule has 4 heteroatoms. The third-order valence-electron chi connectivity index (χ3n) is 3.46. The summed E-state index contributed by atoms with van der Waals surface area (Å²) in [6.45, 7) is 2.61. The van der Waals surface area contributed by atoms with E-state index in [0.717, 1.165) is 32.5 Å². The fourth-order valence-corrected chi connectivity index (χ4v) is 2.49. The molecule has 0 aromatic heterocycles. The van der Waals surface area contributed by atoms with E-state index >= 15 is 0 Å². The molecule has 1 heterocycles. The highest BCUT2D eigenvalue weighted by molar-refractivity contribution is 5.73. The molecule has 1 aromatic carbocycles. The summed E-state index contributed by atoms with van der Waals surface area (Å²) >= 11 is 0. The van der Waals surface area contributed by atoms with Crippen LogP contribution in [0.25, 0.3) is 0 Å². The van der Waals surface area contributed by atoms with E-state index in [4.69, 9.17) is 0 Å². The van der Waals surface area contributed by atoms with Gasteiger partial charge in [0, 0.05) is 33.2 Å². The highest BCUT2D eigenvalue weighted by Crippen LogP contribution is 2.09. The van der Waals surface area contributed by atoms with E-state index < -0.39 is 0 Å². The Labute approximate surface area is 115 Å². The standard InChI is InChI=1S/C15H23N3O/c1-17(2)15(19)18-10-6-9-16-14(12-18)11-13-7-4-3-5-8-13/h3-5,7-8,14,16H,6,9-12H2,1-2H3. The van der Waals surface area contributed by atoms with Crippen molar-refractivity contribution in [2.24, 2.45) is 0 Å². The van der Waals surface area contributed by atoms with Gasteiger partial charge in [0.1, 0.15) is 0 Å². The summed E-state index contributed by atoms with van der Waals surface area (Å²) in [5.74, 6) is 0. The molecule has 1 unspecified atom stereocenters. The summed E-state index contributed by atoms with van der Waals surface area (Å²) in [6, 6.07) is 10.9. The van der Waals surface area contributed by atoms with Crippen LogP contribution in [0.3, 0.4) is 0 Å². The van der Waals surface area contributed by atoms with Gasteiger partial charge in [0.2, 0.25) is 0 Å². The number of urea groups is 1. The van der Waals surface area contributed by atoms with Crippen LogP contribution in [0, 0.1) is 0 Å². The highest BCUT2D eigenvalue weighted by Gasteiger charge is 2.22. The van der Waals surface area contributed by atoms with Crippen LogP contribution in [0.1, 0.15) is 12.0 Å². The van der Waals surface area contributed by atoms with Crippen molar-refractivity contribution < 1.29 is 4.79 Å². The molecule has 1 aliphatic heterocycles. The summed E-state index contributed by atoms with van der Waals surface area (Å²) < 4.78 is 0. The van der Waals surface area contributed by atoms with Gasteiger partial charge in [-0.15, -0.1) is 0 Å². The average Bonchev–Trinajstić information content (AvgIpc) is 2.64.